The minimum atomic E-state index is 0. The van der Waals surface area contributed by atoms with Gasteiger partial charge in [0, 0.05) is 47.9 Å². The molecule has 3 heterocycles. The molecule has 2 fully saturated rings. The van der Waals surface area contributed by atoms with Crippen LogP contribution in [-0.4, -0.2) is 57.1 Å². The maximum absolute atomic E-state index is 5.33. The second kappa shape index (κ2) is 10.0. The van der Waals surface area contributed by atoms with Crippen molar-refractivity contribution in [2.75, 3.05) is 32.5 Å². The van der Waals surface area contributed by atoms with Gasteiger partial charge in [-0.15, -0.1) is 22.6 Å². The molecule has 8 heteroatoms. The minimum Gasteiger partial charge on any atom is -0.497 e. The van der Waals surface area contributed by atoms with Crippen molar-refractivity contribution in [3.8, 4) is 17.1 Å². The first kappa shape index (κ1) is 25.1. The van der Waals surface area contributed by atoms with E-state index in [0.29, 0.717) is 5.41 Å². The van der Waals surface area contributed by atoms with Gasteiger partial charge >= 0.3 is 0 Å². The van der Waals surface area contributed by atoms with Gasteiger partial charge in [0.15, 0.2) is 11.0 Å². The summed E-state index contributed by atoms with van der Waals surface area (Å²) in [6.07, 6.45) is 2.48. The van der Waals surface area contributed by atoms with Crippen molar-refractivity contribution < 1.29 is 4.74 Å². The molecule has 1 aliphatic carbocycles. The molecule has 2 aromatic heterocycles. The number of aryl methyl sites for hydroxylation is 1. The number of rotatable bonds is 8. The Balaban J connectivity index is 0.00000267. The molecular formula is C28H32ClN5OS. The maximum Gasteiger partial charge on any atom is 0.191 e. The van der Waals surface area contributed by atoms with Crippen LogP contribution in [0.2, 0.25) is 0 Å². The van der Waals surface area contributed by atoms with Crippen LogP contribution < -0.4 is 4.74 Å². The summed E-state index contributed by atoms with van der Waals surface area (Å²) in [5.74, 6) is 3.68. The fourth-order valence-electron chi connectivity index (χ4n) is 5.71. The van der Waals surface area contributed by atoms with Crippen molar-refractivity contribution in [1.29, 1.82) is 0 Å². The number of hydrogen-bond donors (Lipinski definition) is 0. The van der Waals surface area contributed by atoms with Gasteiger partial charge in [-0.25, -0.2) is 0 Å². The number of nitrogens with zero attached hydrogens (tertiary/aromatic N) is 5. The molecule has 0 spiro atoms. The van der Waals surface area contributed by atoms with Crippen molar-refractivity contribution in [3.05, 3.63) is 65.9 Å². The van der Waals surface area contributed by atoms with Crippen molar-refractivity contribution in [2.45, 2.75) is 30.3 Å². The normalized spacial score (nSPS) is 20.8. The Bertz CT molecular complexity index is 1370. The molecule has 0 radical (unpaired) electrons. The molecule has 2 aromatic carbocycles. The van der Waals surface area contributed by atoms with E-state index >= 15 is 0 Å². The lowest BCUT2D eigenvalue weighted by Gasteiger charge is -2.21. The summed E-state index contributed by atoms with van der Waals surface area (Å²) in [4.78, 5) is 7.31. The maximum atomic E-state index is 5.33. The number of thioether (sulfide) groups is 1. The molecule has 0 N–H and O–H groups in total. The molecule has 2 atom stereocenters. The number of methoxy groups -OCH3 is 1. The molecule has 1 aliphatic heterocycles. The molecule has 0 unspecified atom stereocenters. The number of likely N-dealkylation sites (tertiary alicyclic amines) is 1. The molecule has 0 bridgehead atoms. The molecule has 6 rings (SSSR count). The Labute approximate surface area is 222 Å². The smallest absolute Gasteiger partial charge is 0.191 e. The van der Waals surface area contributed by atoms with Crippen molar-refractivity contribution in [3.63, 3.8) is 0 Å². The van der Waals surface area contributed by atoms with Gasteiger partial charge in [-0.1, -0.05) is 42.1 Å². The van der Waals surface area contributed by atoms with Crippen LogP contribution in [0.3, 0.4) is 0 Å². The van der Waals surface area contributed by atoms with E-state index in [9.17, 15) is 0 Å². The first-order valence-electron chi connectivity index (χ1n) is 12.3. The van der Waals surface area contributed by atoms with Crippen LogP contribution in [0, 0.1) is 12.8 Å². The Morgan fingerprint density at radius 1 is 1.08 bits per heavy atom. The lowest BCUT2D eigenvalue weighted by Crippen LogP contribution is -2.27. The number of fused-ring (bicyclic) bond motifs is 2. The Kier molecular flexibility index (Phi) is 6.99. The van der Waals surface area contributed by atoms with Crippen LogP contribution in [0.4, 0.5) is 0 Å². The Morgan fingerprint density at radius 3 is 2.72 bits per heavy atom. The largest absolute Gasteiger partial charge is 0.497 e. The van der Waals surface area contributed by atoms with Gasteiger partial charge in [0.1, 0.15) is 5.75 Å². The number of benzene rings is 2. The molecule has 1 saturated heterocycles. The summed E-state index contributed by atoms with van der Waals surface area (Å²) < 4.78 is 7.45. The highest BCUT2D eigenvalue weighted by Crippen LogP contribution is 2.59. The van der Waals surface area contributed by atoms with E-state index in [1.165, 1.54) is 25.1 Å². The number of ether oxygens (including phenoxy) is 1. The second-order valence-corrected chi connectivity index (χ2v) is 11.0. The van der Waals surface area contributed by atoms with Crippen molar-refractivity contribution in [1.82, 2.24) is 24.6 Å². The van der Waals surface area contributed by atoms with E-state index in [4.69, 9.17) is 4.74 Å². The fourth-order valence-corrected chi connectivity index (χ4v) is 6.54. The van der Waals surface area contributed by atoms with E-state index in [1.54, 1.807) is 18.9 Å². The number of piperidine rings is 1. The highest BCUT2D eigenvalue weighted by molar-refractivity contribution is 7.99. The van der Waals surface area contributed by atoms with Gasteiger partial charge in [-0.3, -0.25) is 4.98 Å². The molecule has 4 aromatic rings. The molecule has 6 nitrogen and oxygen atoms in total. The van der Waals surface area contributed by atoms with Crippen molar-refractivity contribution in [2.24, 2.45) is 13.0 Å². The second-order valence-electron chi connectivity index (χ2n) is 9.91. The van der Waals surface area contributed by atoms with E-state index in [-0.39, 0.29) is 12.4 Å². The summed E-state index contributed by atoms with van der Waals surface area (Å²) >= 11 is 1.80. The number of aromatic nitrogens is 4. The summed E-state index contributed by atoms with van der Waals surface area (Å²) in [6, 6.07) is 19.1. The lowest BCUT2D eigenvalue weighted by molar-refractivity contribution is 0.299. The average Bonchev–Trinajstić information content (AvgIpc) is 3.25. The fraction of sp³-hybridized carbons (Fsp3) is 0.393. The van der Waals surface area contributed by atoms with E-state index in [0.717, 1.165) is 63.5 Å². The van der Waals surface area contributed by atoms with E-state index in [1.807, 2.05) is 13.0 Å². The SMILES string of the molecule is COc1ccc([C@]23C[C@H]2CN(CCCSc2nnc(-c4cccc5nc(C)ccc45)n2C)C3)cc1.Cl. The monoisotopic (exact) mass is 521 g/mol. The standard InChI is InChI=1S/C28H31N5OS.ClH/c1-19-8-13-23-24(6-4-7-25(23)29-19)26-30-31-27(32(26)2)35-15-5-14-33-17-21-16-28(21,18-33)20-9-11-22(34-3)12-10-20;/h4,6-13,21H,5,14-18H2,1-3H3;1H/t21-,28+;/m0./s1. The van der Waals surface area contributed by atoms with E-state index in [2.05, 4.69) is 80.2 Å². The molecule has 2 aliphatic rings. The van der Waals surface area contributed by atoms with Crippen LogP contribution in [0.1, 0.15) is 24.1 Å². The topological polar surface area (TPSA) is 56.1 Å². The van der Waals surface area contributed by atoms with Gasteiger partial charge in [0.05, 0.1) is 12.6 Å². The van der Waals surface area contributed by atoms with Crippen LogP contribution in [0.25, 0.3) is 22.3 Å². The summed E-state index contributed by atoms with van der Waals surface area (Å²) in [7, 11) is 3.79. The average molecular weight is 522 g/mol. The third-order valence-electron chi connectivity index (χ3n) is 7.68. The predicted molar refractivity (Wildman–Crippen MR) is 148 cm³/mol. The third-order valence-corrected chi connectivity index (χ3v) is 8.78. The van der Waals surface area contributed by atoms with E-state index < -0.39 is 0 Å². The van der Waals surface area contributed by atoms with Gasteiger partial charge < -0.3 is 14.2 Å². The van der Waals surface area contributed by atoms with Gasteiger partial charge in [-0.05, 0) is 62.1 Å². The van der Waals surface area contributed by atoms with Crippen LogP contribution >= 0.6 is 24.2 Å². The Morgan fingerprint density at radius 2 is 1.92 bits per heavy atom. The van der Waals surface area contributed by atoms with Gasteiger partial charge in [0.2, 0.25) is 0 Å². The molecule has 36 heavy (non-hydrogen) atoms. The van der Waals surface area contributed by atoms with Gasteiger partial charge in [0.25, 0.3) is 0 Å². The zero-order valence-corrected chi connectivity index (χ0v) is 22.6. The number of hydrogen-bond acceptors (Lipinski definition) is 6. The van der Waals surface area contributed by atoms with Crippen LogP contribution in [-0.2, 0) is 12.5 Å². The summed E-state index contributed by atoms with van der Waals surface area (Å²) in [5.41, 5.74) is 4.96. The minimum absolute atomic E-state index is 0. The third kappa shape index (κ3) is 4.49. The predicted octanol–water partition coefficient (Wildman–Crippen LogP) is 5.52. The highest BCUT2D eigenvalue weighted by Gasteiger charge is 2.60. The number of pyridine rings is 1. The molecule has 188 valence electrons. The first-order valence-corrected chi connectivity index (χ1v) is 13.3. The van der Waals surface area contributed by atoms with Crippen LogP contribution in [0.5, 0.6) is 5.75 Å². The molecular weight excluding hydrogens is 490 g/mol. The summed E-state index contributed by atoms with van der Waals surface area (Å²) in [6.45, 7) is 5.56. The Hall–Kier alpha value is -2.61. The molecule has 1 saturated carbocycles. The van der Waals surface area contributed by atoms with Gasteiger partial charge in [-0.2, -0.15) is 0 Å². The number of halogens is 1. The lowest BCUT2D eigenvalue weighted by atomic mass is 9.95. The zero-order valence-electron chi connectivity index (χ0n) is 21.0. The zero-order chi connectivity index (χ0) is 24.0. The molecule has 0 amide bonds. The van der Waals surface area contributed by atoms with Crippen molar-refractivity contribution >= 4 is 35.1 Å². The first-order chi connectivity index (χ1) is 17.1. The summed E-state index contributed by atoms with van der Waals surface area (Å²) in [5, 5.41) is 11.1. The quantitative estimate of drug-likeness (QED) is 0.224. The van der Waals surface area contributed by atoms with Crippen LogP contribution in [0.15, 0.2) is 59.8 Å². The highest BCUT2D eigenvalue weighted by atomic mass is 35.5.